The fraction of sp³-hybridized carbons (Fsp3) is 0.417. The van der Waals surface area contributed by atoms with Gasteiger partial charge in [0, 0.05) is 22.5 Å². The van der Waals surface area contributed by atoms with Crippen molar-refractivity contribution in [1.29, 1.82) is 0 Å². The SMILES string of the molecule is CCN(C)C(=O)CNS(=O)(=O)c1cc(Br)c(C)cc1Br. The average Bonchev–Trinajstić information content (AvgIpc) is 2.39. The summed E-state index contributed by atoms with van der Waals surface area (Å²) in [6.45, 7) is 3.95. The molecule has 5 nitrogen and oxygen atoms in total. The van der Waals surface area contributed by atoms with Crippen molar-refractivity contribution in [2.75, 3.05) is 20.1 Å². The number of aryl methyl sites for hydroxylation is 1. The molecule has 1 N–H and O–H groups in total. The second-order valence-corrected chi connectivity index (χ2v) is 7.71. The summed E-state index contributed by atoms with van der Waals surface area (Å²) in [4.78, 5) is 13.2. The van der Waals surface area contributed by atoms with E-state index in [1.54, 1.807) is 13.1 Å². The predicted octanol–water partition coefficient (Wildman–Crippen LogP) is 2.28. The Morgan fingerprint density at radius 1 is 1.30 bits per heavy atom. The average molecular weight is 428 g/mol. The highest BCUT2D eigenvalue weighted by Crippen LogP contribution is 2.28. The lowest BCUT2D eigenvalue weighted by Gasteiger charge is -2.15. The lowest BCUT2D eigenvalue weighted by atomic mass is 10.2. The number of halogens is 2. The molecule has 0 aromatic heterocycles. The van der Waals surface area contributed by atoms with Gasteiger partial charge in [-0.1, -0.05) is 15.9 Å². The molecule has 0 aliphatic heterocycles. The van der Waals surface area contributed by atoms with E-state index in [4.69, 9.17) is 0 Å². The number of carbonyl (C=O) groups excluding carboxylic acids is 1. The topological polar surface area (TPSA) is 66.5 Å². The Balaban J connectivity index is 2.95. The Labute approximate surface area is 136 Å². The van der Waals surface area contributed by atoms with Crippen LogP contribution < -0.4 is 4.72 Å². The number of hydrogen-bond acceptors (Lipinski definition) is 3. The highest BCUT2D eigenvalue weighted by Gasteiger charge is 2.20. The maximum Gasteiger partial charge on any atom is 0.242 e. The molecule has 112 valence electrons. The van der Waals surface area contributed by atoms with Crippen LogP contribution in [0.2, 0.25) is 0 Å². The molecule has 1 aromatic carbocycles. The second kappa shape index (κ2) is 7.02. The van der Waals surface area contributed by atoms with Gasteiger partial charge in [0.25, 0.3) is 0 Å². The summed E-state index contributed by atoms with van der Waals surface area (Å²) >= 11 is 6.53. The fourth-order valence-corrected chi connectivity index (χ4v) is 4.03. The van der Waals surface area contributed by atoms with Crippen LogP contribution in [-0.4, -0.2) is 39.4 Å². The normalized spacial score (nSPS) is 11.4. The Bertz CT molecular complexity index is 617. The van der Waals surface area contributed by atoms with Gasteiger partial charge >= 0.3 is 0 Å². The van der Waals surface area contributed by atoms with Gasteiger partial charge in [0.1, 0.15) is 0 Å². The van der Waals surface area contributed by atoms with E-state index in [1.807, 2.05) is 13.8 Å². The number of hydrogen-bond donors (Lipinski definition) is 1. The van der Waals surface area contributed by atoms with Gasteiger partial charge in [-0.15, -0.1) is 0 Å². The molecule has 0 radical (unpaired) electrons. The Morgan fingerprint density at radius 3 is 2.45 bits per heavy atom. The van der Waals surface area contributed by atoms with E-state index >= 15 is 0 Å². The van der Waals surface area contributed by atoms with Gasteiger partial charge in [-0.05, 0) is 47.5 Å². The number of sulfonamides is 1. The van der Waals surface area contributed by atoms with Crippen molar-refractivity contribution < 1.29 is 13.2 Å². The minimum absolute atomic E-state index is 0.0990. The minimum atomic E-state index is -3.74. The van der Waals surface area contributed by atoms with E-state index < -0.39 is 10.0 Å². The molecule has 0 unspecified atom stereocenters. The van der Waals surface area contributed by atoms with Gasteiger partial charge in [-0.25, -0.2) is 13.1 Å². The van der Waals surface area contributed by atoms with Gasteiger partial charge in [0.2, 0.25) is 15.9 Å². The van der Waals surface area contributed by atoms with Crippen LogP contribution in [0.3, 0.4) is 0 Å². The first-order valence-electron chi connectivity index (χ1n) is 5.88. The van der Waals surface area contributed by atoms with E-state index in [1.165, 1.54) is 11.0 Å². The van der Waals surface area contributed by atoms with E-state index in [9.17, 15) is 13.2 Å². The highest BCUT2D eigenvalue weighted by atomic mass is 79.9. The second-order valence-electron chi connectivity index (χ2n) is 4.26. The standard InChI is InChI=1S/C12H16Br2N2O3S/c1-4-16(3)12(17)7-15-20(18,19)11-6-9(13)8(2)5-10(11)14/h5-6,15H,4,7H2,1-3H3. The maximum atomic E-state index is 12.2. The molecule has 0 fully saturated rings. The van der Waals surface area contributed by atoms with Gasteiger partial charge < -0.3 is 4.90 Å². The molecule has 1 aromatic rings. The molecule has 0 atom stereocenters. The summed E-state index contributed by atoms with van der Waals surface area (Å²) in [6, 6.07) is 3.22. The summed E-state index contributed by atoms with van der Waals surface area (Å²) < 4.78 is 27.9. The van der Waals surface area contributed by atoms with Crippen molar-refractivity contribution in [1.82, 2.24) is 9.62 Å². The van der Waals surface area contributed by atoms with Crippen molar-refractivity contribution >= 4 is 47.8 Å². The van der Waals surface area contributed by atoms with E-state index in [2.05, 4.69) is 36.6 Å². The lowest BCUT2D eigenvalue weighted by Crippen LogP contribution is -2.38. The van der Waals surface area contributed by atoms with Crippen molar-refractivity contribution in [3.8, 4) is 0 Å². The van der Waals surface area contributed by atoms with Crippen molar-refractivity contribution in [3.63, 3.8) is 0 Å². The van der Waals surface area contributed by atoms with Crippen LogP contribution in [0, 0.1) is 6.92 Å². The van der Waals surface area contributed by atoms with Crippen LogP contribution >= 0.6 is 31.9 Å². The molecule has 0 heterocycles. The van der Waals surface area contributed by atoms with Crippen LogP contribution in [0.25, 0.3) is 0 Å². The molecule has 1 amide bonds. The van der Waals surface area contributed by atoms with Gasteiger partial charge in [0.05, 0.1) is 11.4 Å². The molecule has 0 aliphatic carbocycles. The third kappa shape index (κ3) is 4.28. The quantitative estimate of drug-likeness (QED) is 0.783. The molecular formula is C12H16Br2N2O3S. The van der Waals surface area contributed by atoms with Crippen molar-refractivity contribution in [2.45, 2.75) is 18.7 Å². The van der Waals surface area contributed by atoms with E-state index in [0.717, 1.165) is 5.56 Å². The first-order valence-corrected chi connectivity index (χ1v) is 8.95. The zero-order chi connectivity index (χ0) is 15.5. The number of rotatable bonds is 5. The third-order valence-electron chi connectivity index (χ3n) is 2.82. The number of amides is 1. The summed E-state index contributed by atoms with van der Waals surface area (Å²) in [5, 5.41) is 0. The van der Waals surface area contributed by atoms with Gasteiger partial charge in [-0.2, -0.15) is 0 Å². The molecule has 0 saturated heterocycles. The molecule has 0 bridgehead atoms. The van der Waals surface area contributed by atoms with Crippen LogP contribution in [-0.2, 0) is 14.8 Å². The zero-order valence-corrected chi connectivity index (χ0v) is 15.4. The predicted molar refractivity (Wildman–Crippen MR) is 85.1 cm³/mol. The third-order valence-corrected chi connectivity index (χ3v) is 6.03. The summed E-state index contributed by atoms with van der Waals surface area (Å²) in [7, 11) is -2.12. The molecule has 8 heteroatoms. The first kappa shape index (κ1) is 17.6. The van der Waals surface area contributed by atoms with Crippen LogP contribution in [0.1, 0.15) is 12.5 Å². The number of benzene rings is 1. The van der Waals surface area contributed by atoms with E-state index in [0.29, 0.717) is 15.5 Å². The number of nitrogens with zero attached hydrogens (tertiary/aromatic N) is 1. The molecule has 0 aliphatic rings. The van der Waals surface area contributed by atoms with Gasteiger partial charge in [0.15, 0.2) is 0 Å². The lowest BCUT2D eigenvalue weighted by molar-refractivity contribution is -0.128. The largest absolute Gasteiger partial charge is 0.345 e. The zero-order valence-electron chi connectivity index (χ0n) is 11.4. The number of likely N-dealkylation sites (N-methyl/N-ethyl adjacent to an activating group) is 1. The Hall–Kier alpha value is -0.440. The fourth-order valence-electron chi connectivity index (χ4n) is 1.38. The van der Waals surface area contributed by atoms with Gasteiger partial charge in [-0.3, -0.25) is 4.79 Å². The number of carbonyl (C=O) groups is 1. The van der Waals surface area contributed by atoms with Crippen molar-refractivity contribution in [3.05, 3.63) is 26.6 Å². The molecular weight excluding hydrogens is 412 g/mol. The van der Waals surface area contributed by atoms with Crippen LogP contribution in [0.15, 0.2) is 26.0 Å². The monoisotopic (exact) mass is 426 g/mol. The summed E-state index contributed by atoms with van der Waals surface area (Å²) in [5.74, 6) is -0.279. The Morgan fingerprint density at radius 2 is 1.90 bits per heavy atom. The molecule has 20 heavy (non-hydrogen) atoms. The first-order chi connectivity index (χ1) is 9.19. The summed E-state index contributed by atoms with van der Waals surface area (Å²) in [5.41, 5.74) is 0.914. The highest BCUT2D eigenvalue weighted by molar-refractivity contribution is 9.11. The number of nitrogens with one attached hydrogen (secondary N) is 1. The van der Waals surface area contributed by atoms with Crippen LogP contribution in [0.4, 0.5) is 0 Å². The summed E-state index contributed by atoms with van der Waals surface area (Å²) in [6.07, 6.45) is 0. The van der Waals surface area contributed by atoms with Crippen molar-refractivity contribution in [2.24, 2.45) is 0 Å². The van der Waals surface area contributed by atoms with E-state index in [-0.39, 0.29) is 17.3 Å². The maximum absolute atomic E-state index is 12.2. The molecule has 0 saturated carbocycles. The molecule has 1 rings (SSSR count). The Kier molecular flexibility index (Phi) is 6.18. The van der Waals surface area contributed by atoms with Crippen LogP contribution in [0.5, 0.6) is 0 Å². The smallest absolute Gasteiger partial charge is 0.242 e. The minimum Gasteiger partial charge on any atom is -0.345 e. The molecule has 0 spiro atoms.